The normalized spacial score (nSPS) is 12.9. The molecule has 1 unspecified atom stereocenters. The molecule has 1 aromatic rings. The van der Waals surface area contributed by atoms with E-state index in [0.717, 1.165) is 22.2 Å². The second-order valence-electron chi connectivity index (χ2n) is 4.56. The first-order valence-corrected chi connectivity index (χ1v) is 8.34. The van der Waals surface area contributed by atoms with Gasteiger partial charge in [0.2, 0.25) is 0 Å². The van der Waals surface area contributed by atoms with Crippen molar-refractivity contribution in [1.29, 1.82) is 0 Å². The van der Waals surface area contributed by atoms with Crippen molar-refractivity contribution >= 4 is 27.3 Å². The number of hydrogen-bond acceptors (Lipinski definition) is 2. The van der Waals surface area contributed by atoms with Gasteiger partial charge >= 0.3 is 0 Å². The maximum Gasteiger partial charge on any atom is 0.0893 e. The van der Waals surface area contributed by atoms with Crippen molar-refractivity contribution in [3.63, 3.8) is 0 Å². The Kier molecular flexibility index (Phi) is 8.15. The minimum atomic E-state index is -0.278. The fraction of sp³-hybridized carbons (Fsp3) is 0.714. The minimum absolute atomic E-state index is 0.278. The first-order valence-electron chi connectivity index (χ1n) is 6.66. The summed E-state index contributed by atoms with van der Waals surface area (Å²) in [5, 5.41) is 12.0. The molecule has 0 fully saturated rings. The van der Waals surface area contributed by atoms with Gasteiger partial charge in [-0.3, -0.25) is 0 Å². The summed E-state index contributed by atoms with van der Waals surface area (Å²) in [5.74, 6) is 0. The van der Waals surface area contributed by atoms with E-state index >= 15 is 0 Å². The molecular weight excluding hydrogens is 296 g/mol. The van der Waals surface area contributed by atoms with Crippen molar-refractivity contribution in [2.75, 3.05) is 0 Å². The fourth-order valence-electron chi connectivity index (χ4n) is 1.97. The highest BCUT2D eigenvalue weighted by atomic mass is 79.9. The number of thiophene rings is 1. The molecule has 0 saturated carbocycles. The quantitative estimate of drug-likeness (QED) is 0.580. The predicted molar refractivity (Wildman–Crippen MR) is 79.6 cm³/mol. The first kappa shape index (κ1) is 15.2. The summed E-state index contributed by atoms with van der Waals surface area (Å²) < 4.78 is 1.05. The van der Waals surface area contributed by atoms with Crippen LogP contribution in [0.1, 0.15) is 69.3 Å². The molecule has 0 spiro atoms. The monoisotopic (exact) mass is 318 g/mol. The topological polar surface area (TPSA) is 20.2 Å². The second kappa shape index (κ2) is 9.12. The number of aliphatic hydroxyl groups excluding tert-OH is 1. The highest BCUT2D eigenvalue weighted by molar-refractivity contribution is 9.10. The van der Waals surface area contributed by atoms with Crippen LogP contribution in [0.5, 0.6) is 0 Å². The van der Waals surface area contributed by atoms with Crippen LogP contribution in [0.15, 0.2) is 15.9 Å². The smallest absolute Gasteiger partial charge is 0.0893 e. The number of rotatable bonds is 9. The van der Waals surface area contributed by atoms with E-state index in [1.807, 2.05) is 11.4 Å². The Balaban J connectivity index is 2.05. The van der Waals surface area contributed by atoms with Crippen LogP contribution >= 0.6 is 27.3 Å². The SMILES string of the molecule is CCCCCCCCCC(O)c1sccc1Br. The van der Waals surface area contributed by atoms with Crippen molar-refractivity contribution in [2.24, 2.45) is 0 Å². The van der Waals surface area contributed by atoms with E-state index in [9.17, 15) is 5.11 Å². The standard InChI is InChI=1S/C14H23BrOS/c1-2-3-4-5-6-7-8-9-13(16)14-12(15)10-11-17-14/h10-11,13,16H,2-9H2,1H3. The molecule has 17 heavy (non-hydrogen) atoms. The lowest BCUT2D eigenvalue weighted by molar-refractivity contribution is 0.166. The van der Waals surface area contributed by atoms with E-state index in [-0.39, 0.29) is 6.10 Å². The second-order valence-corrected chi connectivity index (χ2v) is 6.36. The Morgan fingerprint density at radius 3 is 2.41 bits per heavy atom. The molecule has 0 radical (unpaired) electrons. The summed E-state index contributed by atoms with van der Waals surface area (Å²) in [6, 6.07) is 2.01. The third kappa shape index (κ3) is 6.03. The van der Waals surface area contributed by atoms with Crippen LogP contribution in [0.3, 0.4) is 0 Å². The fourth-order valence-corrected chi connectivity index (χ4v) is 3.63. The number of halogens is 1. The Bertz CT molecular complexity index is 298. The molecule has 1 heterocycles. The van der Waals surface area contributed by atoms with Gasteiger partial charge in [0.05, 0.1) is 6.10 Å². The lowest BCUT2D eigenvalue weighted by atomic mass is 10.1. The van der Waals surface area contributed by atoms with Gasteiger partial charge < -0.3 is 5.11 Å². The molecule has 3 heteroatoms. The molecule has 1 atom stereocenters. The Morgan fingerprint density at radius 2 is 1.82 bits per heavy atom. The summed E-state index contributed by atoms with van der Waals surface area (Å²) >= 11 is 5.10. The van der Waals surface area contributed by atoms with Gasteiger partial charge in [-0.15, -0.1) is 11.3 Å². The number of aliphatic hydroxyl groups is 1. The molecule has 1 nitrogen and oxygen atoms in total. The minimum Gasteiger partial charge on any atom is -0.388 e. The zero-order chi connectivity index (χ0) is 12.5. The third-order valence-corrected chi connectivity index (χ3v) is 5.00. The average Bonchev–Trinajstić information content (AvgIpc) is 2.74. The van der Waals surface area contributed by atoms with Crippen molar-refractivity contribution < 1.29 is 5.11 Å². The number of unbranched alkanes of at least 4 members (excludes halogenated alkanes) is 6. The van der Waals surface area contributed by atoms with Crippen molar-refractivity contribution in [2.45, 2.75) is 64.4 Å². The van der Waals surface area contributed by atoms with Gasteiger partial charge in [0, 0.05) is 9.35 Å². The summed E-state index contributed by atoms with van der Waals surface area (Å²) in [4.78, 5) is 1.08. The van der Waals surface area contributed by atoms with Crippen LogP contribution in [-0.2, 0) is 0 Å². The van der Waals surface area contributed by atoms with Crippen LogP contribution in [0, 0.1) is 0 Å². The molecule has 0 aromatic carbocycles. The summed E-state index contributed by atoms with van der Waals surface area (Å²) in [5.41, 5.74) is 0. The summed E-state index contributed by atoms with van der Waals surface area (Å²) in [7, 11) is 0. The summed E-state index contributed by atoms with van der Waals surface area (Å²) in [6.45, 7) is 2.25. The van der Waals surface area contributed by atoms with Gasteiger partial charge in [-0.25, -0.2) is 0 Å². The van der Waals surface area contributed by atoms with Gasteiger partial charge in [-0.1, -0.05) is 51.9 Å². The molecular formula is C14H23BrOS. The Labute approximate surface area is 117 Å². The van der Waals surface area contributed by atoms with Gasteiger partial charge in [0.25, 0.3) is 0 Å². The summed E-state index contributed by atoms with van der Waals surface area (Å²) in [6.07, 6.45) is 9.73. The average molecular weight is 319 g/mol. The Hall–Kier alpha value is 0.140. The zero-order valence-corrected chi connectivity index (χ0v) is 13.0. The zero-order valence-electron chi connectivity index (χ0n) is 10.6. The van der Waals surface area contributed by atoms with E-state index in [1.165, 1.54) is 38.5 Å². The molecule has 0 saturated heterocycles. The molecule has 98 valence electrons. The molecule has 0 amide bonds. The maximum atomic E-state index is 10.0. The molecule has 1 N–H and O–H groups in total. The van der Waals surface area contributed by atoms with Crippen LogP contribution in [-0.4, -0.2) is 5.11 Å². The van der Waals surface area contributed by atoms with Crippen LogP contribution in [0.4, 0.5) is 0 Å². The molecule has 0 aliphatic carbocycles. The molecule has 0 bridgehead atoms. The molecule has 1 rings (SSSR count). The molecule has 1 aromatic heterocycles. The van der Waals surface area contributed by atoms with Crippen LogP contribution < -0.4 is 0 Å². The lowest BCUT2D eigenvalue weighted by Crippen LogP contribution is -1.95. The van der Waals surface area contributed by atoms with Crippen LogP contribution in [0.2, 0.25) is 0 Å². The van der Waals surface area contributed by atoms with E-state index < -0.39 is 0 Å². The lowest BCUT2D eigenvalue weighted by Gasteiger charge is -2.09. The van der Waals surface area contributed by atoms with Gasteiger partial charge in [-0.2, -0.15) is 0 Å². The largest absolute Gasteiger partial charge is 0.388 e. The van der Waals surface area contributed by atoms with E-state index in [1.54, 1.807) is 11.3 Å². The maximum absolute atomic E-state index is 10.0. The van der Waals surface area contributed by atoms with Crippen molar-refractivity contribution in [3.8, 4) is 0 Å². The van der Waals surface area contributed by atoms with E-state index in [4.69, 9.17) is 0 Å². The van der Waals surface area contributed by atoms with Gasteiger partial charge in [0.15, 0.2) is 0 Å². The first-order chi connectivity index (χ1) is 8.25. The molecule has 0 aliphatic heterocycles. The Morgan fingerprint density at radius 1 is 1.18 bits per heavy atom. The van der Waals surface area contributed by atoms with Crippen molar-refractivity contribution in [3.05, 3.63) is 20.8 Å². The highest BCUT2D eigenvalue weighted by Gasteiger charge is 2.11. The predicted octanol–water partition coefficient (Wildman–Crippen LogP) is 5.68. The van der Waals surface area contributed by atoms with E-state index in [2.05, 4.69) is 22.9 Å². The van der Waals surface area contributed by atoms with E-state index in [0.29, 0.717) is 0 Å². The van der Waals surface area contributed by atoms with Gasteiger partial charge in [0.1, 0.15) is 0 Å². The van der Waals surface area contributed by atoms with Crippen LogP contribution in [0.25, 0.3) is 0 Å². The van der Waals surface area contributed by atoms with Crippen molar-refractivity contribution in [1.82, 2.24) is 0 Å². The highest BCUT2D eigenvalue weighted by Crippen LogP contribution is 2.31. The molecule has 0 aliphatic rings. The number of hydrogen-bond donors (Lipinski definition) is 1. The van der Waals surface area contributed by atoms with Gasteiger partial charge in [-0.05, 0) is 33.8 Å². The third-order valence-electron chi connectivity index (χ3n) is 3.03.